The summed E-state index contributed by atoms with van der Waals surface area (Å²) in [5, 5.41) is 0.568. The Balaban J connectivity index is 1.73. The van der Waals surface area contributed by atoms with Crippen molar-refractivity contribution in [1.29, 1.82) is 0 Å². The summed E-state index contributed by atoms with van der Waals surface area (Å²) in [6.07, 6.45) is 3.43. The highest BCUT2D eigenvalue weighted by atomic mass is 35.5. The molecule has 9 nitrogen and oxygen atoms in total. The highest BCUT2D eigenvalue weighted by Gasteiger charge is 2.18. The molecule has 1 saturated carbocycles. The van der Waals surface area contributed by atoms with Crippen LogP contribution in [0.1, 0.15) is 31.2 Å². The summed E-state index contributed by atoms with van der Waals surface area (Å²) < 4.78 is 8.14. The zero-order valence-electron chi connectivity index (χ0n) is 17.9. The van der Waals surface area contributed by atoms with Gasteiger partial charge in [-0.25, -0.2) is 19.1 Å². The number of halogens is 1. The van der Waals surface area contributed by atoms with Crippen LogP contribution in [0.2, 0.25) is 5.02 Å². The van der Waals surface area contributed by atoms with Gasteiger partial charge in [-0.15, -0.1) is 0 Å². The van der Waals surface area contributed by atoms with E-state index in [1.54, 1.807) is 36.4 Å². The Kier molecular flexibility index (Phi) is 6.79. The topological polar surface area (TPSA) is 124 Å². The summed E-state index contributed by atoms with van der Waals surface area (Å²) in [6, 6.07) is 14.1. The molecule has 0 bridgehead atoms. The lowest BCUT2D eigenvalue weighted by atomic mass is 9.96. The maximum absolute atomic E-state index is 13.1. The van der Waals surface area contributed by atoms with Gasteiger partial charge < -0.3 is 10.5 Å². The van der Waals surface area contributed by atoms with E-state index < -0.39 is 17.3 Å². The van der Waals surface area contributed by atoms with Crippen molar-refractivity contribution < 1.29 is 9.53 Å². The van der Waals surface area contributed by atoms with Crippen LogP contribution in [0.15, 0.2) is 63.1 Å². The normalized spacial score (nSPS) is 14.2. The summed E-state index contributed by atoms with van der Waals surface area (Å²) in [4.78, 5) is 44.0. The van der Waals surface area contributed by atoms with Crippen LogP contribution in [0, 0.1) is 0 Å². The second kappa shape index (κ2) is 9.91. The maximum atomic E-state index is 13.1. The Morgan fingerprint density at radius 1 is 1.09 bits per heavy atom. The van der Waals surface area contributed by atoms with Crippen LogP contribution >= 0.6 is 11.6 Å². The largest absolute Gasteiger partial charge is 0.490 e. The summed E-state index contributed by atoms with van der Waals surface area (Å²) >= 11 is 5.97. The first-order chi connectivity index (χ1) is 15.9. The molecule has 0 radical (unpaired) electrons. The second-order valence-electron chi connectivity index (χ2n) is 7.89. The van der Waals surface area contributed by atoms with Crippen LogP contribution in [0.25, 0.3) is 0 Å². The van der Waals surface area contributed by atoms with E-state index in [1.807, 2.05) is 12.1 Å². The van der Waals surface area contributed by atoms with Crippen molar-refractivity contribution >= 4 is 23.2 Å². The third-order valence-corrected chi connectivity index (χ3v) is 5.70. The summed E-state index contributed by atoms with van der Waals surface area (Å²) in [7, 11) is 0. The van der Waals surface area contributed by atoms with Gasteiger partial charge in [-0.3, -0.25) is 14.3 Å². The van der Waals surface area contributed by atoms with Gasteiger partial charge in [0.25, 0.3) is 0 Å². The second-order valence-corrected chi connectivity index (χ2v) is 8.33. The smallest absolute Gasteiger partial charge is 0.335 e. The number of aromatic nitrogens is 3. The Morgan fingerprint density at radius 2 is 1.79 bits per heavy atom. The number of hydrogen-bond donors (Lipinski definition) is 2. The quantitative estimate of drug-likeness (QED) is 0.524. The number of benzene rings is 2. The number of carbonyl (C=O) groups is 1. The standard InChI is InChI=1S/C23H24ClN5O4/c24-16-6-4-15(5-7-16)14-29-21(27-22(31)28(23(29)32)13-12-20(25)30)26-17-8-10-19(11-9-17)33-18-2-1-3-18/h4-11,18H,1-3,12-14H2,(H2,25,30)(H,26,27,31). The number of amides is 1. The van der Waals surface area contributed by atoms with Gasteiger partial charge in [0.2, 0.25) is 11.5 Å². The number of H-pyrrole nitrogens is 1. The Hall–Kier alpha value is -3.59. The lowest BCUT2D eigenvalue weighted by Crippen LogP contribution is -2.50. The van der Waals surface area contributed by atoms with E-state index in [0.717, 1.165) is 28.7 Å². The lowest BCUT2D eigenvalue weighted by Gasteiger charge is -2.26. The van der Waals surface area contributed by atoms with E-state index in [1.165, 1.54) is 11.0 Å². The zero-order valence-corrected chi connectivity index (χ0v) is 18.6. The van der Waals surface area contributed by atoms with Crippen molar-refractivity contribution in [2.24, 2.45) is 10.7 Å². The number of aromatic amines is 1. The van der Waals surface area contributed by atoms with E-state index >= 15 is 0 Å². The van der Waals surface area contributed by atoms with Crippen molar-refractivity contribution in [3.8, 4) is 5.75 Å². The molecule has 4 rings (SSSR count). The molecule has 3 aromatic rings. The number of ether oxygens (including phenoxy) is 1. The fraction of sp³-hybridized carbons (Fsp3) is 0.304. The molecule has 33 heavy (non-hydrogen) atoms. The molecule has 0 unspecified atom stereocenters. The fourth-order valence-electron chi connectivity index (χ4n) is 3.38. The number of hydrogen-bond acceptors (Lipinski definition) is 5. The number of nitrogens with zero attached hydrogens (tertiary/aromatic N) is 3. The van der Waals surface area contributed by atoms with Gasteiger partial charge in [0.15, 0.2) is 0 Å². The number of nitrogens with one attached hydrogen (secondary N) is 1. The van der Waals surface area contributed by atoms with Gasteiger partial charge in [-0.05, 0) is 61.2 Å². The van der Waals surface area contributed by atoms with Gasteiger partial charge in [0.05, 0.1) is 18.3 Å². The van der Waals surface area contributed by atoms with Crippen molar-refractivity contribution in [3.63, 3.8) is 0 Å². The van der Waals surface area contributed by atoms with E-state index in [-0.39, 0.29) is 31.2 Å². The van der Waals surface area contributed by atoms with Crippen LogP contribution in [0.4, 0.5) is 5.69 Å². The molecule has 10 heteroatoms. The Morgan fingerprint density at radius 3 is 2.39 bits per heavy atom. The van der Waals surface area contributed by atoms with Crippen molar-refractivity contribution in [1.82, 2.24) is 14.1 Å². The first-order valence-corrected chi connectivity index (χ1v) is 11.0. The fourth-order valence-corrected chi connectivity index (χ4v) is 3.50. The first-order valence-electron chi connectivity index (χ1n) is 10.7. The third kappa shape index (κ3) is 5.61. The molecule has 3 N–H and O–H groups in total. The van der Waals surface area contributed by atoms with E-state index in [4.69, 9.17) is 22.1 Å². The number of primary amides is 1. The number of nitrogens with two attached hydrogens (primary N) is 1. The molecule has 2 aromatic carbocycles. The molecule has 0 aliphatic heterocycles. The number of rotatable bonds is 8. The Labute approximate surface area is 194 Å². The predicted molar refractivity (Wildman–Crippen MR) is 124 cm³/mol. The molecule has 0 atom stereocenters. The average Bonchev–Trinajstić information content (AvgIpc) is 2.75. The van der Waals surface area contributed by atoms with Gasteiger partial charge in [0, 0.05) is 18.0 Å². The molecular formula is C23H24ClN5O4. The van der Waals surface area contributed by atoms with Crippen LogP contribution < -0.4 is 27.5 Å². The monoisotopic (exact) mass is 469 g/mol. The highest BCUT2D eigenvalue weighted by molar-refractivity contribution is 6.30. The van der Waals surface area contributed by atoms with Gasteiger partial charge in [0.1, 0.15) is 5.75 Å². The highest BCUT2D eigenvalue weighted by Crippen LogP contribution is 2.26. The van der Waals surface area contributed by atoms with E-state index in [0.29, 0.717) is 10.7 Å². The summed E-state index contributed by atoms with van der Waals surface area (Å²) in [5.41, 5.74) is 5.34. The van der Waals surface area contributed by atoms with Crippen molar-refractivity contribution in [3.05, 3.63) is 85.7 Å². The SMILES string of the molecule is NC(=O)CCn1c(=O)[nH]/c(=N\c2ccc(OC3CCC3)cc2)n(Cc2ccc(Cl)cc2)c1=O. The Bertz CT molecular complexity index is 1320. The molecule has 1 amide bonds. The van der Waals surface area contributed by atoms with Crippen molar-refractivity contribution in [2.75, 3.05) is 0 Å². The molecule has 172 valence electrons. The third-order valence-electron chi connectivity index (χ3n) is 5.44. The number of carbonyl (C=O) groups excluding carboxylic acids is 1. The van der Waals surface area contributed by atoms with Gasteiger partial charge in [-0.2, -0.15) is 0 Å². The molecule has 0 spiro atoms. The lowest BCUT2D eigenvalue weighted by molar-refractivity contribution is -0.118. The zero-order chi connectivity index (χ0) is 23.4. The molecule has 1 fully saturated rings. The maximum Gasteiger partial charge on any atom is 0.335 e. The minimum absolute atomic E-state index is 0.0861. The average molecular weight is 470 g/mol. The molecule has 1 heterocycles. The molecule has 0 saturated heterocycles. The molecule has 1 aromatic heterocycles. The van der Waals surface area contributed by atoms with Crippen LogP contribution in [0.3, 0.4) is 0 Å². The minimum atomic E-state index is -0.669. The van der Waals surface area contributed by atoms with Gasteiger partial charge in [-0.1, -0.05) is 23.7 Å². The first kappa shape index (κ1) is 22.6. The van der Waals surface area contributed by atoms with Crippen LogP contribution in [-0.4, -0.2) is 26.1 Å². The van der Waals surface area contributed by atoms with E-state index in [9.17, 15) is 14.4 Å². The van der Waals surface area contributed by atoms with Crippen LogP contribution in [-0.2, 0) is 17.9 Å². The minimum Gasteiger partial charge on any atom is -0.490 e. The molecular weight excluding hydrogens is 446 g/mol. The predicted octanol–water partition coefficient (Wildman–Crippen LogP) is 2.08. The van der Waals surface area contributed by atoms with E-state index in [2.05, 4.69) is 9.98 Å². The summed E-state index contributed by atoms with van der Waals surface area (Å²) in [6.45, 7) is 0.0165. The van der Waals surface area contributed by atoms with Gasteiger partial charge >= 0.3 is 11.4 Å². The van der Waals surface area contributed by atoms with Crippen LogP contribution in [0.5, 0.6) is 5.75 Å². The van der Waals surface area contributed by atoms with Crippen molar-refractivity contribution in [2.45, 2.75) is 44.9 Å². The summed E-state index contributed by atoms with van der Waals surface area (Å²) in [5.74, 6) is 0.145. The molecule has 1 aliphatic rings. The molecule has 1 aliphatic carbocycles.